The summed E-state index contributed by atoms with van der Waals surface area (Å²) in [6, 6.07) is -0.199. The van der Waals surface area contributed by atoms with Crippen molar-refractivity contribution in [2.75, 3.05) is 13.2 Å². The predicted molar refractivity (Wildman–Crippen MR) is 67.0 cm³/mol. The third kappa shape index (κ3) is 3.08. The highest BCUT2D eigenvalue weighted by Gasteiger charge is 2.25. The Morgan fingerprint density at radius 1 is 1.72 bits per heavy atom. The first-order valence-electron chi connectivity index (χ1n) is 6.34. The molecular weight excluding hydrogens is 232 g/mol. The molecule has 2 rings (SSSR count). The van der Waals surface area contributed by atoms with E-state index >= 15 is 0 Å². The highest BCUT2D eigenvalue weighted by Crippen LogP contribution is 2.11. The van der Waals surface area contributed by atoms with Crippen molar-refractivity contribution in [1.29, 1.82) is 0 Å². The van der Waals surface area contributed by atoms with Crippen molar-refractivity contribution in [2.45, 2.75) is 39.0 Å². The number of aromatic nitrogens is 2. The van der Waals surface area contributed by atoms with E-state index in [0.717, 1.165) is 11.4 Å². The van der Waals surface area contributed by atoms with E-state index in [2.05, 4.69) is 20.6 Å². The van der Waals surface area contributed by atoms with Crippen LogP contribution in [0.5, 0.6) is 0 Å². The summed E-state index contributed by atoms with van der Waals surface area (Å²) in [7, 11) is 0. The quantitative estimate of drug-likeness (QED) is 0.687. The number of fused-ring (bicyclic) bond motifs is 1. The van der Waals surface area contributed by atoms with Crippen LogP contribution in [0.15, 0.2) is 6.33 Å². The highest BCUT2D eigenvalue weighted by atomic mass is 16.5. The summed E-state index contributed by atoms with van der Waals surface area (Å²) in [5.74, 6) is 0.00945. The van der Waals surface area contributed by atoms with Gasteiger partial charge in [-0.3, -0.25) is 10.1 Å². The average molecular weight is 252 g/mol. The molecule has 0 aromatic carbocycles. The lowest BCUT2D eigenvalue weighted by Crippen LogP contribution is -2.49. The predicted octanol–water partition coefficient (Wildman–Crippen LogP) is -0.0348. The van der Waals surface area contributed by atoms with E-state index in [1.54, 1.807) is 6.33 Å². The molecule has 0 bridgehead atoms. The number of hydrogen-bond donors (Lipinski definition) is 3. The molecule has 2 unspecified atom stereocenters. The van der Waals surface area contributed by atoms with Crippen molar-refractivity contribution < 1.29 is 9.53 Å². The number of carbonyl (C=O) groups excluding carboxylic acids is 1. The Kier molecular flexibility index (Phi) is 4.33. The van der Waals surface area contributed by atoms with Gasteiger partial charge in [0.05, 0.1) is 29.9 Å². The van der Waals surface area contributed by atoms with Crippen molar-refractivity contribution in [2.24, 2.45) is 0 Å². The molecule has 0 radical (unpaired) electrons. The maximum absolute atomic E-state index is 12.0. The van der Waals surface area contributed by atoms with E-state index < -0.39 is 0 Å². The number of amides is 1. The topological polar surface area (TPSA) is 79.0 Å². The van der Waals surface area contributed by atoms with Crippen LogP contribution in [0.25, 0.3) is 0 Å². The Morgan fingerprint density at radius 2 is 2.56 bits per heavy atom. The maximum atomic E-state index is 12.0. The lowest BCUT2D eigenvalue weighted by Gasteiger charge is -2.23. The van der Waals surface area contributed by atoms with Crippen LogP contribution in [0.4, 0.5) is 0 Å². The van der Waals surface area contributed by atoms with E-state index in [0.29, 0.717) is 26.1 Å². The molecule has 1 amide bonds. The zero-order chi connectivity index (χ0) is 13.0. The van der Waals surface area contributed by atoms with E-state index in [1.807, 2.05) is 13.8 Å². The lowest BCUT2D eigenvalue weighted by atomic mass is 10.0. The van der Waals surface area contributed by atoms with Crippen molar-refractivity contribution in [1.82, 2.24) is 20.6 Å². The Balaban J connectivity index is 1.80. The van der Waals surface area contributed by atoms with Crippen LogP contribution in [0.2, 0.25) is 0 Å². The van der Waals surface area contributed by atoms with E-state index in [1.165, 1.54) is 0 Å². The molecule has 100 valence electrons. The van der Waals surface area contributed by atoms with Crippen LogP contribution in [-0.2, 0) is 22.5 Å². The Bertz CT molecular complexity index is 405. The molecule has 0 saturated carbocycles. The van der Waals surface area contributed by atoms with Gasteiger partial charge >= 0.3 is 0 Å². The number of hydrogen-bond acceptors (Lipinski definition) is 4. The number of H-pyrrole nitrogens is 1. The molecule has 2 heterocycles. The Labute approximate surface area is 107 Å². The zero-order valence-electron chi connectivity index (χ0n) is 10.8. The highest BCUT2D eigenvalue weighted by molar-refractivity contribution is 5.82. The van der Waals surface area contributed by atoms with Crippen LogP contribution < -0.4 is 10.6 Å². The molecule has 0 aliphatic carbocycles. The van der Waals surface area contributed by atoms with Crippen molar-refractivity contribution >= 4 is 5.91 Å². The van der Waals surface area contributed by atoms with Crippen LogP contribution in [0.1, 0.15) is 25.2 Å². The van der Waals surface area contributed by atoms with Gasteiger partial charge in [-0.15, -0.1) is 0 Å². The summed E-state index contributed by atoms with van der Waals surface area (Å²) < 4.78 is 5.37. The van der Waals surface area contributed by atoms with Gasteiger partial charge < -0.3 is 15.0 Å². The zero-order valence-corrected chi connectivity index (χ0v) is 10.8. The third-order valence-electron chi connectivity index (χ3n) is 3.06. The van der Waals surface area contributed by atoms with Crippen molar-refractivity contribution in [3.63, 3.8) is 0 Å². The summed E-state index contributed by atoms with van der Waals surface area (Å²) in [5, 5.41) is 6.09. The molecule has 0 fully saturated rings. The van der Waals surface area contributed by atoms with Gasteiger partial charge in [-0.25, -0.2) is 4.98 Å². The van der Waals surface area contributed by atoms with Crippen molar-refractivity contribution in [3.05, 3.63) is 17.7 Å². The smallest absolute Gasteiger partial charge is 0.237 e. The molecule has 1 aliphatic heterocycles. The fraction of sp³-hybridized carbons (Fsp3) is 0.667. The van der Waals surface area contributed by atoms with Crippen LogP contribution in [0, 0.1) is 0 Å². The fourth-order valence-corrected chi connectivity index (χ4v) is 2.07. The molecule has 1 aromatic heterocycles. The van der Waals surface area contributed by atoms with E-state index in [-0.39, 0.29) is 18.1 Å². The second kappa shape index (κ2) is 5.97. The Hall–Kier alpha value is -1.40. The molecule has 6 heteroatoms. The van der Waals surface area contributed by atoms with Crippen molar-refractivity contribution in [3.8, 4) is 0 Å². The van der Waals surface area contributed by atoms with Gasteiger partial charge in [0.15, 0.2) is 0 Å². The van der Waals surface area contributed by atoms with E-state index in [4.69, 9.17) is 4.74 Å². The monoisotopic (exact) mass is 252 g/mol. The lowest BCUT2D eigenvalue weighted by molar-refractivity contribution is -0.123. The maximum Gasteiger partial charge on any atom is 0.237 e. The second-order valence-corrected chi connectivity index (χ2v) is 4.48. The molecule has 0 spiro atoms. The second-order valence-electron chi connectivity index (χ2n) is 4.48. The van der Waals surface area contributed by atoms with Gasteiger partial charge in [0, 0.05) is 26.1 Å². The van der Waals surface area contributed by atoms with E-state index in [9.17, 15) is 4.79 Å². The standard InChI is InChI=1S/C12H20N4O2/c1-3-18-8(2)5-14-12(17)10-4-9-11(6-13-10)16-7-15-9/h7-8,10,13H,3-6H2,1-2H3,(H,14,17)(H,15,16). The van der Waals surface area contributed by atoms with Crippen LogP contribution in [-0.4, -0.2) is 41.2 Å². The average Bonchev–Trinajstić information content (AvgIpc) is 2.83. The van der Waals surface area contributed by atoms with Gasteiger partial charge in [-0.05, 0) is 13.8 Å². The van der Waals surface area contributed by atoms with Gasteiger partial charge in [-0.2, -0.15) is 0 Å². The number of imidazole rings is 1. The molecule has 18 heavy (non-hydrogen) atoms. The van der Waals surface area contributed by atoms with Crippen LogP contribution >= 0.6 is 0 Å². The summed E-state index contributed by atoms with van der Waals surface area (Å²) in [5.41, 5.74) is 2.05. The van der Waals surface area contributed by atoms with Gasteiger partial charge in [0.1, 0.15) is 0 Å². The van der Waals surface area contributed by atoms with Gasteiger partial charge in [-0.1, -0.05) is 0 Å². The molecule has 1 aromatic rings. The number of ether oxygens (including phenoxy) is 1. The number of nitrogens with one attached hydrogen (secondary N) is 3. The number of rotatable bonds is 5. The summed E-state index contributed by atoms with van der Waals surface area (Å²) in [4.78, 5) is 19.2. The number of nitrogens with zero attached hydrogens (tertiary/aromatic N) is 1. The van der Waals surface area contributed by atoms with Gasteiger partial charge in [0.25, 0.3) is 0 Å². The number of carbonyl (C=O) groups is 1. The molecule has 2 atom stereocenters. The Morgan fingerprint density at radius 3 is 3.33 bits per heavy atom. The first-order valence-corrected chi connectivity index (χ1v) is 6.34. The molecule has 1 aliphatic rings. The summed E-state index contributed by atoms with van der Waals surface area (Å²) in [6.45, 7) is 5.76. The van der Waals surface area contributed by atoms with Crippen LogP contribution in [0.3, 0.4) is 0 Å². The minimum Gasteiger partial charge on any atom is -0.377 e. The first kappa shape index (κ1) is 13.0. The summed E-state index contributed by atoms with van der Waals surface area (Å²) >= 11 is 0. The molecular formula is C12H20N4O2. The summed E-state index contributed by atoms with van der Waals surface area (Å²) in [6.07, 6.45) is 2.35. The van der Waals surface area contributed by atoms with Gasteiger partial charge in [0.2, 0.25) is 5.91 Å². The normalized spacial score (nSPS) is 20.2. The molecule has 6 nitrogen and oxygen atoms in total. The third-order valence-corrected chi connectivity index (χ3v) is 3.06. The largest absolute Gasteiger partial charge is 0.377 e. The minimum absolute atomic E-state index is 0.00945. The number of aromatic amines is 1. The SMILES string of the molecule is CCOC(C)CNC(=O)C1Cc2nc[nH]c2CN1. The first-order chi connectivity index (χ1) is 8.70. The fourth-order valence-electron chi connectivity index (χ4n) is 2.07. The minimum atomic E-state index is -0.199. The molecule has 0 saturated heterocycles. The molecule has 3 N–H and O–H groups in total.